The second-order valence-corrected chi connectivity index (χ2v) is 21.8. The summed E-state index contributed by atoms with van der Waals surface area (Å²) in [6, 6.07) is 7.84. The number of ether oxygens (including phenoxy) is 2. The fourth-order valence-electron chi connectivity index (χ4n) is 5.70. The summed E-state index contributed by atoms with van der Waals surface area (Å²) in [6.07, 6.45) is -4.40. The summed E-state index contributed by atoms with van der Waals surface area (Å²) in [6.45, 7) is 28.3. The van der Waals surface area contributed by atoms with Crippen molar-refractivity contribution in [1.82, 2.24) is 0 Å². The molecule has 4 atom stereocenters. The topological polar surface area (TPSA) is 177 Å². The minimum Gasteiger partial charge on any atom is -0.507 e. The van der Waals surface area contributed by atoms with E-state index in [4.69, 9.17) is 9.47 Å². The lowest BCUT2D eigenvalue weighted by atomic mass is 9.79. The summed E-state index contributed by atoms with van der Waals surface area (Å²) in [7, 11) is 0. The minimum absolute atomic E-state index is 0.00977. The van der Waals surface area contributed by atoms with Crippen LogP contribution in [0.1, 0.15) is 133 Å². The van der Waals surface area contributed by atoms with E-state index in [-0.39, 0.29) is 29.6 Å². The third kappa shape index (κ3) is 10.4. The van der Waals surface area contributed by atoms with Crippen molar-refractivity contribution in [3.8, 4) is 11.5 Å². The highest BCUT2D eigenvalue weighted by atomic mass is 32.2. The Bertz CT molecular complexity index is 1490. The third-order valence-electron chi connectivity index (χ3n) is 8.61. The van der Waals surface area contributed by atoms with Crippen LogP contribution >= 0.6 is 23.5 Å². The number of aliphatic hydroxyl groups is 5. The number of aromatic hydroxyl groups is 1. The van der Waals surface area contributed by atoms with Gasteiger partial charge < -0.3 is 45.2 Å². The molecule has 2 aromatic rings. The van der Waals surface area contributed by atoms with Crippen molar-refractivity contribution in [3.63, 3.8) is 0 Å². The first-order valence-electron chi connectivity index (χ1n) is 17.7. The van der Waals surface area contributed by atoms with Gasteiger partial charge in [-0.3, -0.25) is 0 Å². The largest absolute Gasteiger partial charge is 0.507 e. The average Bonchev–Trinajstić information content (AvgIpc) is 2.97. The number of benzene rings is 2. The lowest BCUT2D eigenvalue weighted by molar-refractivity contribution is -0.380. The van der Waals surface area contributed by atoms with E-state index in [1.165, 1.54) is 0 Å². The smallest absolute Gasteiger partial charge is 0.371 e. The van der Waals surface area contributed by atoms with Crippen molar-refractivity contribution >= 4 is 29.5 Å². The molecule has 0 fully saturated rings. The highest BCUT2D eigenvalue weighted by Crippen LogP contribution is 2.52. The van der Waals surface area contributed by atoms with Gasteiger partial charge in [0.2, 0.25) is 0 Å². The zero-order chi connectivity index (χ0) is 40.6. The molecule has 0 amide bonds. The fraction of sp³-hybridized carbons (Fsp3) is 0.675. The van der Waals surface area contributed by atoms with Gasteiger partial charge in [0.05, 0.1) is 17.3 Å². The molecule has 0 aromatic heterocycles. The van der Waals surface area contributed by atoms with E-state index in [2.05, 4.69) is 55.4 Å². The maximum absolute atomic E-state index is 12.6. The van der Waals surface area contributed by atoms with Gasteiger partial charge in [-0.15, -0.1) is 23.5 Å². The Morgan fingerprint density at radius 1 is 0.712 bits per heavy atom. The van der Waals surface area contributed by atoms with E-state index in [1.807, 2.05) is 65.8 Å². The molecule has 0 saturated heterocycles. The molecule has 296 valence electrons. The van der Waals surface area contributed by atoms with E-state index < -0.39 is 51.3 Å². The van der Waals surface area contributed by atoms with Crippen LogP contribution in [-0.4, -0.2) is 82.8 Å². The molecule has 7 N–H and O–H groups in total. The van der Waals surface area contributed by atoms with Gasteiger partial charge in [-0.2, -0.15) is 0 Å². The molecule has 0 unspecified atom stereocenters. The molecule has 0 heterocycles. The predicted molar refractivity (Wildman–Crippen MR) is 209 cm³/mol. The Kier molecular flexibility index (Phi) is 14.2. The van der Waals surface area contributed by atoms with Crippen LogP contribution in [0.2, 0.25) is 0 Å². The molecule has 2 aromatic carbocycles. The number of hydrogen-bond acceptors (Lipinski definition) is 11. The van der Waals surface area contributed by atoms with Gasteiger partial charge in [0.15, 0.2) is 6.10 Å². The van der Waals surface area contributed by atoms with Crippen LogP contribution in [-0.2, 0) is 31.2 Å². The standard InChI is InChI=1S/C40H64O10S2/c1-16-17-49-40(48,33(45)46)39(47,32(44)29(42)22-41)50-31-27(36(8,9)10)20-24(21-28(31)37(11,12)13)52-38(14,15)51-23-18-25(34(2,3)4)30(43)26(19-23)35(5,6)7/h18-21,29,32,41-44,47-48H,16-17,22H2,1-15H3,(H,45,46)/t29-,32-,39-,40+/m1/s1. The number of hydrogen-bond donors (Lipinski definition) is 7. The normalized spacial score (nSPS) is 16.9. The van der Waals surface area contributed by atoms with Crippen molar-refractivity contribution in [2.75, 3.05) is 13.2 Å². The molecule has 0 spiro atoms. The molecule has 12 heteroatoms. The summed E-state index contributed by atoms with van der Waals surface area (Å²) in [5.41, 5.74) is 0.769. The monoisotopic (exact) mass is 768 g/mol. The van der Waals surface area contributed by atoms with Crippen LogP contribution < -0.4 is 4.74 Å². The first kappa shape index (κ1) is 46.1. The van der Waals surface area contributed by atoms with Crippen LogP contribution in [0.15, 0.2) is 34.1 Å². The lowest BCUT2D eigenvalue weighted by Gasteiger charge is -2.44. The Labute approximate surface area is 319 Å². The molecule has 10 nitrogen and oxygen atoms in total. The van der Waals surface area contributed by atoms with Crippen LogP contribution in [0.3, 0.4) is 0 Å². The number of carboxylic acid groups (broad SMARTS) is 1. The average molecular weight is 769 g/mol. The summed E-state index contributed by atoms with van der Waals surface area (Å²) in [4.78, 5) is 14.4. The summed E-state index contributed by atoms with van der Waals surface area (Å²) < 4.78 is 10.9. The number of phenols is 1. The van der Waals surface area contributed by atoms with Gasteiger partial charge in [-0.1, -0.05) is 90.0 Å². The third-order valence-corrected chi connectivity index (χ3v) is 11.0. The molecule has 0 aliphatic carbocycles. The molecular formula is C40H64O10S2. The zero-order valence-corrected chi connectivity index (χ0v) is 35.4. The molecule has 0 saturated carbocycles. The Balaban J connectivity index is 2.88. The number of carbonyl (C=O) groups is 1. The molecule has 52 heavy (non-hydrogen) atoms. The van der Waals surface area contributed by atoms with Crippen molar-refractivity contribution in [2.45, 2.75) is 170 Å². The van der Waals surface area contributed by atoms with Crippen molar-refractivity contribution in [1.29, 1.82) is 0 Å². The van der Waals surface area contributed by atoms with Crippen molar-refractivity contribution in [3.05, 3.63) is 46.5 Å². The van der Waals surface area contributed by atoms with E-state index in [1.54, 1.807) is 30.4 Å². The van der Waals surface area contributed by atoms with Gasteiger partial charge in [-0.05, 0) is 66.2 Å². The maximum Gasteiger partial charge on any atom is 0.371 e. The minimum atomic E-state index is -3.56. The SMILES string of the molecule is CCCO[C@@](O)(C(=O)O)[C@](O)(Oc1c(C(C)(C)C)cc(SC(C)(C)Sc2cc(C(C)(C)C)c(O)c(C(C)(C)C)c2)cc1C(C)(C)C)[C@H](O)[C@H](O)CO. The van der Waals surface area contributed by atoms with Gasteiger partial charge in [-0.25, -0.2) is 4.79 Å². The maximum atomic E-state index is 12.6. The predicted octanol–water partition coefficient (Wildman–Crippen LogP) is 7.18. The van der Waals surface area contributed by atoms with Crippen molar-refractivity contribution in [2.24, 2.45) is 0 Å². The first-order valence-corrected chi connectivity index (χ1v) is 19.3. The number of carboxylic acids is 1. The number of thioether (sulfide) groups is 2. The molecule has 0 radical (unpaired) electrons. The summed E-state index contributed by atoms with van der Waals surface area (Å²) >= 11 is 3.24. The second kappa shape index (κ2) is 16.0. The van der Waals surface area contributed by atoms with Crippen molar-refractivity contribution < 1.29 is 50.0 Å². The van der Waals surface area contributed by atoms with E-state index in [0.29, 0.717) is 16.9 Å². The lowest BCUT2D eigenvalue weighted by Crippen LogP contribution is -2.72. The molecular weight excluding hydrogens is 705 g/mol. The Morgan fingerprint density at radius 3 is 1.38 bits per heavy atom. The number of aliphatic hydroxyl groups excluding tert-OH is 3. The highest BCUT2D eigenvalue weighted by molar-refractivity contribution is 8.18. The van der Waals surface area contributed by atoms with E-state index in [9.17, 15) is 40.5 Å². The van der Waals surface area contributed by atoms with E-state index in [0.717, 1.165) is 20.9 Å². The molecule has 0 aliphatic rings. The van der Waals surface area contributed by atoms with Gasteiger partial charge in [0, 0.05) is 32.0 Å². The second-order valence-electron chi connectivity index (χ2n) is 18.1. The van der Waals surface area contributed by atoms with Crippen LogP contribution in [0, 0.1) is 0 Å². The van der Waals surface area contributed by atoms with Gasteiger partial charge in [0.25, 0.3) is 0 Å². The number of aliphatic carboxylic acids is 1. The number of phenolic OH excluding ortho intramolecular Hbond substituents is 1. The summed E-state index contributed by atoms with van der Waals surface area (Å²) in [5.74, 6) is -8.82. The highest BCUT2D eigenvalue weighted by Gasteiger charge is 2.66. The molecule has 0 aliphatic heterocycles. The quantitative estimate of drug-likeness (QED) is 0.0762. The Hall–Kier alpha value is -2.03. The van der Waals surface area contributed by atoms with Crippen LogP contribution in [0.4, 0.5) is 0 Å². The van der Waals surface area contributed by atoms with Crippen LogP contribution in [0.25, 0.3) is 0 Å². The molecule has 0 bridgehead atoms. The first-order chi connectivity index (χ1) is 23.3. The zero-order valence-electron chi connectivity index (χ0n) is 33.8. The fourth-order valence-corrected chi connectivity index (χ4v) is 8.28. The molecule has 2 rings (SSSR count). The van der Waals surface area contributed by atoms with Gasteiger partial charge >= 0.3 is 17.5 Å². The summed E-state index contributed by atoms with van der Waals surface area (Å²) in [5, 5.41) is 76.2. The van der Waals surface area contributed by atoms with Crippen LogP contribution in [0.5, 0.6) is 11.5 Å². The van der Waals surface area contributed by atoms with Gasteiger partial charge in [0.1, 0.15) is 17.6 Å². The number of rotatable bonds is 14. The Morgan fingerprint density at radius 2 is 1.08 bits per heavy atom. The van der Waals surface area contributed by atoms with E-state index >= 15 is 0 Å².